The largest absolute Gasteiger partial charge is 0.390 e. The first-order chi connectivity index (χ1) is 8.55. The van der Waals surface area contributed by atoms with E-state index in [1.54, 1.807) is 12.4 Å². The van der Waals surface area contributed by atoms with Crippen LogP contribution in [0.2, 0.25) is 0 Å². The Hall–Kier alpha value is -0.490. The van der Waals surface area contributed by atoms with Crippen molar-refractivity contribution >= 4 is 15.9 Å². The van der Waals surface area contributed by atoms with E-state index in [4.69, 9.17) is 4.74 Å². The van der Waals surface area contributed by atoms with Crippen molar-refractivity contribution in [2.24, 2.45) is 0 Å². The Morgan fingerprint density at radius 2 is 2.44 bits per heavy atom. The molecule has 100 valence electrons. The molecule has 1 saturated heterocycles. The standard InChI is InChI=1S/C13H19BrN2O2/c1-13(17,6-12-9-18-3-2-16-12)5-10-4-11(14)8-15-7-10/h4,7-8,12,16-17H,2-3,5-6,9H2,1H3. The molecule has 0 amide bonds. The lowest BCUT2D eigenvalue weighted by Crippen LogP contribution is -2.46. The minimum absolute atomic E-state index is 0.230. The van der Waals surface area contributed by atoms with Crippen molar-refractivity contribution in [3.8, 4) is 0 Å². The summed E-state index contributed by atoms with van der Waals surface area (Å²) in [5.41, 5.74) is 0.284. The van der Waals surface area contributed by atoms with E-state index < -0.39 is 5.60 Å². The van der Waals surface area contributed by atoms with E-state index in [0.717, 1.165) is 23.2 Å². The highest BCUT2D eigenvalue weighted by molar-refractivity contribution is 9.10. The fourth-order valence-corrected chi connectivity index (χ4v) is 2.76. The molecule has 0 radical (unpaired) electrons. The summed E-state index contributed by atoms with van der Waals surface area (Å²) in [6.07, 6.45) is 4.82. The molecule has 0 bridgehead atoms. The summed E-state index contributed by atoms with van der Waals surface area (Å²) in [7, 11) is 0. The minimum Gasteiger partial charge on any atom is -0.390 e. The Labute approximate surface area is 116 Å². The average Bonchev–Trinajstić information content (AvgIpc) is 2.28. The van der Waals surface area contributed by atoms with E-state index >= 15 is 0 Å². The quantitative estimate of drug-likeness (QED) is 0.884. The predicted octanol–water partition coefficient (Wildman–Crippen LogP) is 1.52. The highest BCUT2D eigenvalue weighted by Gasteiger charge is 2.27. The van der Waals surface area contributed by atoms with Crippen LogP contribution in [0.3, 0.4) is 0 Å². The molecule has 2 rings (SSSR count). The number of nitrogens with zero attached hydrogens (tertiary/aromatic N) is 1. The Bertz CT molecular complexity index is 392. The lowest BCUT2D eigenvalue weighted by atomic mass is 9.90. The summed E-state index contributed by atoms with van der Waals surface area (Å²) < 4.78 is 6.34. The van der Waals surface area contributed by atoms with Gasteiger partial charge in [0, 0.05) is 35.9 Å². The highest BCUT2D eigenvalue weighted by atomic mass is 79.9. The molecule has 1 aliphatic rings. The van der Waals surface area contributed by atoms with E-state index in [2.05, 4.69) is 26.2 Å². The molecule has 4 nitrogen and oxygen atoms in total. The summed E-state index contributed by atoms with van der Waals surface area (Å²) in [5, 5.41) is 13.8. The molecule has 1 aliphatic heterocycles. The third-order valence-electron chi connectivity index (χ3n) is 3.03. The lowest BCUT2D eigenvalue weighted by molar-refractivity contribution is 0.00646. The molecule has 2 heterocycles. The topological polar surface area (TPSA) is 54.4 Å². The molecule has 5 heteroatoms. The lowest BCUT2D eigenvalue weighted by Gasteiger charge is -2.31. The number of aromatic nitrogens is 1. The molecule has 2 atom stereocenters. The van der Waals surface area contributed by atoms with Crippen molar-refractivity contribution in [3.05, 3.63) is 28.5 Å². The summed E-state index contributed by atoms with van der Waals surface area (Å²) in [6.45, 7) is 4.16. The third kappa shape index (κ3) is 4.31. The number of halogens is 1. The number of rotatable bonds is 4. The molecule has 2 unspecified atom stereocenters. The number of morpholine rings is 1. The van der Waals surface area contributed by atoms with Gasteiger partial charge in [-0.15, -0.1) is 0 Å². The van der Waals surface area contributed by atoms with Crippen molar-refractivity contribution in [2.75, 3.05) is 19.8 Å². The fraction of sp³-hybridized carbons (Fsp3) is 0.615. The summed E-state index contributed by atoms with van der Waals surface area (Å²) in [5.74, 6) is 0. The smallest absolute Gasteiger partial charge is 0.0676 e. The van der Waals surface area contributed by atoms with Crippen LogP contribution in [0.1, 0.15) is 18.9 Å². The number of ether oxygens (including phenoxy) is 1. The van der Waals surface area contributed by atoms with Crippen LogP contribution in [-0.4, -0.2) is 41.5 Å². The van der Waals surface area contributed by atoms with Gasteiger partial charge in [-0.25, -0.2) is 0 Å². The highest BCUT2D eigenvalue weighted by Crippen LogP contribution is 2.21. The van der Waals surface area contributed by atoms with Gasteiger partial charge in [0.25, 0.3) is 0 Å². The molecular formula is C13H19BrN2O2. The van der Waals surface area contributed by atoms with Gasteiger partial charge in [0.1, 0.15) is 0 Å². The first-order valence-electron chi connectivity index (χ1n) is 6.18. The Morgan fingerprint density at radius 3 is 3.11 bits per heavy atom. The number of aliphatic hydroxyl groups is 1. The third-order valence-corrected chi connectivity index (χ3v) is 3.46. The van der Waals surface area contributed by atoms with Crippen molar-refractivity contribution in [2.45, 2.75) is 31.4 Å². The Morgan fingerprint density at radius 1 is 1.61 bits per heavy atom. The van der Waals surface area contributed by atoms with E-state index in [1.165, 1.54) is 0 Å². The van der Waals surface area contributed by atoms with Gasteiger partial charge in [0.15, 0.2) is 0 Å². The molecule has 1 fully saturated rings. The Kier molecular flexibility index (Phi) is 4.72. The maximum atomic E-state index is 10.5. The molecule has 0 aliphatic carbocycles. The zero-order chi connectivity index (χ0) is 13.0. The maximum absolute atomic E-state index is 10.5. The van der Waals surface area contributed by atoms with Gasteiger partial charge in [-0.2, -0.15) is 0 Å². The second-order valence-corrected chi connectivity index (χ2v) is 6.03. The number of hydrogen-bond donors (Lipinski definition) is 2. The zero-order valence-corrected chi connectivity index (χ0v) is 12.1. The van der Waals surface area contributed by atoms with Gasteiger partial charge in [-0.3, -0.25) is 4.98 Å². The zero-order valence-electron chi connectivity index (χ0n) is 10.5. The van der Waals surface area contributed by atoms with Crippen LogP contribution in [0.5, 0.6) is 0 Å². The first kappa shape index (κ1) is 13.9. The Balaban J connectivity index is 1.93. The predicted molar refractivity (Wildman–Crippen MR) is 73.5 cm³/mol. The summed E-state index contributed by atoms with van der Waals surface area (Å²) in [4.78, 5) is 4.12. The van der Waals surface area contributed by atoms with Crippen LogP contribution in [0.4, 0.5) is 0 Å². The molecule has 1 aromatic rings. The van der Waals surface area contributed by atoms with Gasteiger partial charge in [-0.05, 0) is 40.9 Å². The fourth-order valence-electron chi connectivity index (χ4n) is 2.35. The van der Waals surface area contributed by atoms with E-state index in [-0.39, 0.29) is 6.04 Å². The van der Waals surface area contributed by atoms with Crippen molar-refractivity contribution in [1.29, 1.82) is 0 Å². The SMILES string of the molecule is CC(O)(Cc1cncc(Br)c1)CC1COCCN1. The number of nitrogens with one attached hydrogen (secondary N) is 1. The van der Waals surface area contributed by atoms with Crippen LogP contribution in [0.25, 0.3) is 0 Å². The second kappa shape index (κ2) is 6.10. The number of hydrogen-bond acceptors (Lipinski definition) is 4. The van der Waals surface area contributed by atoms with Crippen molar-refractivity contribution in [1.82, 2.24) is 10.3 Å². The summed E-state index contributed by atoms with van der Waals surface area (Å²) >= 11 is 3.39. The van der Waals surface area contributed by atoms with Crippen LogP contribution < -0.4 is 5.32 Å². The van der Waals surface area contributed by atoms with Crippen molar-refractivity contribution in [3.63, 3.8) is 0 Å². The van der Waals surface area contributed by atoms with E-state index in [9.17, 15) is 5.11 Å². The van der Waals surface area contributed by atoms with Crippen LogP contribution in [0, 0.1) is 0 Å². The van der Waals surface area contributed by atoms with Crippen LogP contribution in [-0.2, 0) is 11.2 Å². The van der Waals surface area contributed by atoms with Crippen LogP contribution in [0.15, 0.2) is 22.9 Å². The van der Waals surface area contributed by atoms with Gasteiger partial charge in [0.05, 0.1) is 18.8 Å². The molecule has 18 heavy (non-hydrogen) atoms. The molecule has 2 N–H and O–H groups in total. The number of pyridine rings is 1. The van der Waals surface area contributed by atoms with E-state index in [0.29, 0.717) is 19.4 Å². The van der Waals surface area contributed by atoms with Gasteiger partial charge < -0.3 is 15.2 Å². The van der Waals surface area contributed by atoms with Gasteiger partial charge in [0.2, 0.25) is 0 Å². The normalized spacial score (nSPS) is 23.6. The second-order valence-electron chi connectivity index (χ2n) is 5.12. The van der Waals surface area contributed by atoms with Gasteiger partial charge in [-0.1, -0.05) is 0 Å². The van der Waals surface area contributed by atoms with Crippen molar-refractivity contribution < 1.29 is 9.84 Å². The molecule has 0 spiro atoms. The molecule has 1 aromatic heterocycles. The van der Waals surface area contributed by atoms with Gasteiger partial charge >= 0.3 is 0 Å². The maximum Gasteiger partial charge on any atom is 0.0676 e. The summed E-state index contributed by atoms with van der Waals surface area (Å²) in [6, 6.07) is 2.22. The molecular weight excluding hydrogens is 296 g/mol. The average molecular weight is 315 g/mol. The molecule has 0 saturated carbocycles. The van der Waals surface area contributed by atoms with Crippen LogP contribution >= 0.6 is 15.9 Å². The first-order valence-corrected chi connectivity index (χ1v) is 6.97. The minimum atomic E-state index is -0.749. The van der Waals surface area contributed by atoms with E-state index in [1.807, 2.05) is 13.0 Å². The molecule has 0 aromatic carbocycles. The monoisotopic (exact) mass is 314 g/mol.